The van der Waals surface area contributed by atoms with Gasteiger partial charge in [-0.2, -0.15) is 0 Å². The predicted molar refractivity (Wildman–Crippen MR) is 166 cm³/mol. The zero-order valence-electron chi connectivity index (χ0n) is 23.2. The molecule has 41 heavy (non-hydrogen) atoms. The van der Waals surface area contributed by atoms with Crippen LogP contribution in [0.3, 0.4) is 0 Å². The SMILES string of the molecule is Cc1ccc(S(=O)(=O)N(CC(=O)N(Cc2ccc(Br)cc2)[C@@H](C)C(=O)NC2CCCCC2)c2cccc(Cl)c2)cc1. The average molecular weight is 661 g/mol. The first kappa shape index (κ1) is 31.1. The van der Waals surface area contributed by atoms with Crippen LogP contribution in [0, 0.1) is 6.92 Å². The molecule has 0 bridgehead atoms. The first-order chi connectivity index (χ1) is 19.5. The maximum absolute atomic E-state index is 14.1. The van der Waals surface area contributed by atoms with Gasteiger partial charge in [-0.1, -0.05) is 82.7 Å². The fraction of sp³-hybridized carbons (Fsp3) is 0.355. The first-order valence-corrected chi connectivity index (χ1v) is 16.3. The minimum atomic E-state index is -4.14. The van der Waals surface area contributed by atoms with Crippen LogP contribution in [-0.4, -0.2) is 43.8 Å². The number of rotatable bonds is 10. The minimum absolute atomic E-state index is 0.0541. The molecule has 0 unspecified atom stereocenters. The highest BCUT2D eigenvalue weighted by Crippen LogP contribution is 2.27. The summed E-state index contributed by atoms with van der Waals surface area (Å²) in [5.74, 6) is -0.757. The van der Waals surface area contributed by atoms with E-state index in [0.717, 1.165) is 52.0 Å². The van der Waals surface area contributed by atoms with E-state index in [9.17, 15) is 18.0 Å². The van der Waals surface area contributed by atoms with Gasteiger partial charge in [0.25, 0.3) is 10.0 Å². The van der Waals surface area contributed by atoms with Gasteiger partial charge in [-0.05, 0) is 74.7 Å². The molecule has 218 valence electrons. The summed E-state index contributed by atoms with van der Waals surface area (Å²) < 4.78 is 29.8. The lowest BCUT2D eigenvalue weighted by molar-refractivity contribution is -0.139. The molecule has 1 aliphatic rings. The van der Waals surface area contributed by atoms with Crippen molar-refractivity contribution in [2.75, 3.05) is 10.8 Å². The molecule has 3 aromatic rings. The van der Waals surface area contributed by atoms with Crippen LogP contribution in [-0.2, 0) is 26.2 Å². The highest BCUT2D eigenvalue weighted by molar-refractivity contribution is 9.10. The summed E-state index contributed by atoms with van der Waals surface area (Å²) >= 11 is 9.67. The Morgan fingerprint density at radius 3 is 2.29 bits per heavy atom. The van der Waals surface area contributed by atoms with Crippen molar-refractivity contribution < 1.29 is 18.0 Å². The summed E-state index contributed by atoms with van der Waals surface area (Å²) in [5.41, 5.74) is 1.98. The van der Waals surface area contributed by atoms with E-state index in [-0.39, 0.29) is 29.1 Å². The fourth-order valence-corrected chi connectivity index (χ4v) is 6.79. The zero-order valence-corrected chi connectivity index (χ0v) is 26.4. The first-order valence-electron chi connectivity index (χ1n) is 13.7. The number of nitrogens with one attached hydrogen (secondary N) is 1. The van der Waals surface area contributed by atoms with Gasteiger partial charge >= 0.3 is 0 Å². The van der Waals surface area contributed by atoms with Gasteiger partial charge in [0.2, 0.25) is 11.8 Å². The summed E-state index contributed by atoms with van der Waals surface area (Å²) in [7, 11) is -4.14. The van der Waals surface area contributed by atoms with Crippen molar-refractivity contribution in [3.05, 3.63) is 93.4 Å². The second-order valence-electron chi connectivity index (χ2n) is 10.5. The Balaban J connectivity index is 1.67. The van der Waals surface area contributed by atoms with Crippen LogP contribution in [0.2, 0.25) is 5.02 Å². The van der Waals surface area contributed by atoms with E-state index in [1.807, 2.05) is 31.2 Å². The standard InChI is InChI=1S/C31H35BrClN3O4S/c1-22-11-17-29(18-12-22)41(39,40)36(28-10-6-7-26(33)19-28)21-30(37)35(20-24-13-15-25(32)16-14-24)23(2)31(38)34-27-8-4-3-5-9-27/h6-7,10-19,23,27H,3-5,8-9,20-21H2,1-2H3,(H,34,38)/t23-/m0/s1. The molecule has 1 aliphatic carbocycles. The molecule has 0 saturated heterocycles. The zero-order chi connectivity index (χ0) is 29.6. The second-order valence-corrected chi connectivity index (χ2v) is 13.7. The van der Waals surface area contributed by atoms with Crippen LogP contribution in [0.1, 0.15) is 50.2 Å². The third-order valence-corrected chi connectivity index (χ3v) is 9.92. The maximum Gasteiger partial charge on any atom is 0.264 e. The lowest BCUT2D eigenvalue weighted by Crippen LogP contribution is -2.53. The summed E-state index contributed by atoms with van der Waals surface area (Å²) in [6.07, 6.45) is 5.11. The summed E-state index contributed by atoms with van der Waals surface area (Å²) in [6, 6.07) is 19.6. The van der Waals surface area contributed by atoms with Crippen molar-refractivity contribution in [3.63, 3.8) is 0 Å². The molecule has 0 spiro atoms. The summed E-state index contributed by atoms with van der Waals surface area (Å²) in [6.45, 7) is 3.19. The van der Waals surface area contributed by atoms with Crippen LogP contribution in [0.25, 0.3) is 0 Å². The number of sulfonamides is 1. The molecule has 3 aromatic carbocycles. The number of hydrogen-bond donors (Lipinski definition) is 1. The second kappa shape index (κ2) is 13.9. The molecule has 1 N–H and O–H groups in total. The molecular weight excluding hydrogens is 626 g/mol. The van der Waals surface area contributed by atoms with E-state index >= 15 is 0 Å². The normalized spacial score (nSPS) is 14.7. The number of carbonyl (C=O) groups is 2. The molecule has 0 heterocycles. The van der Waals surface area contributed by atoms with Crippen molar-refractivity contribution in [2.45, 2.75) is 69.5 Å². The molecule has 1 saturated carbocycles. The molecule has 7 nitrogen and oxygen atoms in total. The van der Waals surface area contributed by atoms with Gasteiger partial charge in [0.15, 0.2) is 0 Å². The van der Waals surface area contributed by atoms with Gasteiger partial charge in [0.1, 0.15) is 12.6 Å². The molecule has 10 heteroatoms. The van der Waals surface area contributed by atoms with E-state index in [0.29, 0.717) is 5.02 Å². The van der Waals surface area contributed by atoms with Gasteiger partial charge < -0.3 is 10.2 Å². The maximum atomic E-state index is 14.1. The van der Waals surface area contributed by atoms with E-state index in [1.165, 1.54) is 23.1 Å². The third-order valence-electron chi connectivity index (χ3n) is 7.37. The summed E-state index contributed by atoms with van der Waals surface area (Å²) in [5, 5.41) is 3.45. The highest BCUT2D eigenvalue weighted by Gasteiger charge is 2.33. The quantitative estimate of drug-likeness (QED) is 0.270. The smallest absolute Gasteiger partial charge is 0.264 e. The Morgan fingerprint density at radius 1 is 1.00 bits per heavy atom. The van der Waals surface area contributed by atoms with Gasteiger partial charge in [-0.3, -0.25) is 13.9 Å². The Hall–Kier alpha value is -2.88. The number of nitrogens with zero attached hydrogens (tertiary/aromatic N) is 2. The molecular formula is C31H35BrClN3O4S. The van der Waals surface area contributed by atoms with Crippen LogP contribution in [0.5, 0.6) is 0 Å². The fourth-order valence-electron chi connectivity index (χ4n) is 4.94. The number of hydrogen-bond acceptors (Lipinski definition) is 4. The number of halogens is 2. The van der Waals surface area contributed by atoms with Gasteiger partial charge in [0, 0.05) is 22.1 Å². The highest BCUT2D eigenvalue weighted by atomic mass is 79.9. The molecule has 0 aromatic heterocycles. The molecule has 4 rings (SSSR count). The van der Waals surface area contributed by atoms with Crippen LogP contribution in [0.15, 0.2) is 82.2 Å². The van der Waals surface area contributed by atoms with Gasteiger partial charge in [-0.15, -0.1) is 0 Å². The predicted octanol–water partition coefficient (Wildman–Crippen LogP) is 6.47. The third kappa shape index (κ3) is 8.11. The average Bonchev–Trinajstić information content (AvgIpc) is 2.95. The number of aryl methyl sites for hydroxylation is 1. The molecule has 0 aliphatic heterocycles. The number of anilines is 1. The number of benzene rings is 3. The molecule has 1 atom stereocenters. The lowest BCUT2D eigenvalue weighted by Gasteiger charge is -2.33. The van der Waals surface area contributed by atoms with Crippen molar-refractivity contribution >= 4 is 55.1 Å². The molecule has 0 radical (unpaired) electrons. The van der Waals surface area contributed by atoms with E-state index < -0.39 is 28.5 Å². The van der Waals surface area contributed by atoms with E-state index in [1.54, 1.807) is 37.3 Å². The van der Waals surface area contributed by atoms with Gasteiger partial charge in [-0.25, -0.2) is 8.42 Å². The Kier molecular flexibility index (Phi) is 10.5. The number of carbonyl (C=O) groups excluding carboxylic acids is 2. The van der Waals surface area contributed by atoms with Crippen molar-refractivity contribution in [1.82, 2.24) is 10.2 Å². The lowest BCUT2D eigenvalue weighted by atomic mass is 9.95. The van der Waals surface area contributed by atoms with Crippen LogP contribution < -0.4 is 9.62 Å². The van der Waals surface area contributed by atoms with Crippen molar-refractivity contribution in [2.24, 2.45) is 0 Å². The summed E-state index contributed by atoms with van der Waals surface area (Å²) in [4.78, 5) is 28.9. The molecule has 2 amide bonds. The number of amides is 2. The van der Waals surface area contributed by atoms with Crippen LogP contribution in [0.4, 0.5) is 5.69 Å². The van der Waals surface area contributed by atoms with Crippen molar-refractivity contribution in [3.8, 4) is 0 Å². The Morgan fingerprint density at radius 2 is 1.66 bits per heavy atom. The van der Waals surface area contributed by atoms with E-state index in [2.05, 4.69) is 21.2 Å². The van der Waals surface area contributed by atoms with Gasteiger partial charge in [0.05, 0.1) is 10.6 Å². The largest absolute Gasteiger partial charge is 0.352 e. The van der Waals surface area contributed by atoms with E-state index in [4.69, 9.17) is 11.6 Å². The topological polar surface area (TPSA) is 86.8 Å². The Bertz CT molecular complexity index is 1460. The molecule has 1 fully saturated rings. The van der Waals surface area contributed by atoms with Crippen molar-refractivity contribution in [1.29, 1.82) is 0 Å². The minimum Gasteiger partial charge on any atom is -0.352 e. The monoisotopic (exact) mass is 659 g/mol. The Labute approximate surface area is 256 Å². The van der Waals surface area contributed by atoms with Crippen LogP contribution >= 0.6 is 27.5 Å².